The number of hydrogen-bond donors (Lipinski definition) is 0. The molecule has 0 unspecified atom stereocenters. The molecule has 0 aliphatic carbocycles. The van der Waals surface area contributed by atoms with Gasteiger partial charge in [-0.15, -0.1) is 0 Å². The Hall–Kier alpha value is -3.20. The predicted octanol–water partition coefficient (Wildman–Crippen LogP) is 4.33. The van der Waals surface area contributed by atoms with E-state index in [0.29, 0.717) is 36.9 Å². The van der Waals surface area contributed by atoms with Crippen molar-refractivity contribution in [3.8, 4) is 28.7 Å². The Morgan fingerprint density at radius 2 is 1.73 bits per heavy atom. The summed E-state index contributed by atoms with van der Waals surface area (Å²) in [4.78, 5) is 6.51. The van der Waals surface area contributed by atoms with E-state index in [0.717, 1.165) is 38.1 Å². The largest absolute Gasteiger partial charge is 0.494 e. The first-order chi connectivity index (χ1) is 16.1. The van der Waals surface area contributed by atoms with Crippen molar-refractivity contribution in [3.63, 3.8) is 0 Å². The van der Waals surface area contributed by atoms with E-state index in [4.69, 9.17) is 18.6 Å². The van der Waals surface area contributed by atoms with E-state index in [1.165, 1.54) is 12.1 Å². The maximum atomic E-state index is 13.6. The standard InChI is InChI=1S/C24H26N2O6S/c1-2-13-29-18-7-5-17(6-8-18)22-25-23(24(32-22)26-11-3-4-12-26)33(27,28)19-9-10-20-21(16-19)31-15-14-30-20/h5-10,16H,2-4,11-15H2,1H3. The summed E-state index contributed by atoms with van der Waals surface area (Å²) in [6.07, 6.45) is 2.87. The van der Waals surface area contributed by atoms with Gasteiger partial charge in [-0.25, -0.2) is 8.42 Å². The number of oxazole rings is 1. The summed E-state index contributed by atoms with van der Waals surface area (Å²) in [6, 6.07) is 11.9. The maximum Gasteiger partial charge on any atom is 0.236 e. The van der Waals surface area contributed by atoms with Crippen molar-refractivity contribution in [1.82, 2.24) is 4.98 Å². The van der Waals surface area contributed by atoms with Crippen molar-refractivity contribution in [1.29, 1.82) is 0 Å². The number of anilines is 1. The van der Waals surface area contributed by atoms with Gasteiger partial charge in [-0.1, -0.05) is 6.92 Å². The Labute approximate surface area is 193 Å². The van der Waals surface area contributed by atoms with E-state index < -0.39 is 9.84 Å². The SMILES string of the molecule is CCCOc1ccc(-c2nc(S(=O)(=O)c3ccc4c(c3)OCCO4)c(N3CCCC3)o2)cc1. The first-order valence-electron chi connectivity index (χ1n) is 11.2. The fraction of sp³-hybridized carbons (Fsp3) is 0.375. The molecule has 5 rings (SSSR count). The summed E-state index contributed by atoms with van der Waals surface area (Å²) in [7, 11) is -3.95. The van der Waals surface area contributed by atoms with Crippen molar-refractivity contribution in [2.45, 2.75) is 36.1 Å². The molecule has 174 valence electrons. The quantitative estimate of drug-likeness (QED) is 0.504. The average molecular weight is 471 g/mol. The highest BCUT2D eigenvalue weighted by molar-refractivity contribution is 7.91. The molecular formula is C24H26N2O6S. The monoisotopic (exact) mass is 470 g/mol. The predicted molar refractivity (Wildman–Crippen MR) is 122 cm³/mol. The summed E-state index contributed by atoms with van der Waals surface area (Å²) in [6.45, 7) is 4.94. The number of aromatic nitrogens is 1. The number of ether oxygens (including phenoxy) is 3. The zero-order chi connectivity index (χ0) is 22.8. The van der Waals surface area contributed by atoms with Crippen LogP contribution >= 0.6 is 0 Å². The van der Waals surface area contributed by atoms with Gasteiger partial charge in [0.1, 0.15) is 19.0 Å². The van der Waals surface area contributed by atoms with Crippen LogP contribution in [0.5, 0.6) is 17.2 Å². The topological polar surface area (TPSA) is 91.1 Å². The van der Waals surface area contributed by atoms with Gasteiger partial charge in [-0.3, -0.25) is 0 Å². The van der Waals surface area contributed by atoms with E-state index in [9.17, 15) is 8.42 Å². The molecule has 1 aromatic heterocycles. The maximum absolute atomic E-state index is 13.6. The van der Waals surface area contributed by atoms with Crippen molar-refractivity contribution < 1.29 is 27.0 Å². The lowest BCUT2D eigenvalue weighted by molar-refractivity contribution is 0.171. The smallest absolute Gasteiger partial charge is 0.236 e. The lowest BCUT2D eigenvalue weighted by atomic mass is 10.2. The molecule has 2 aliphatic heterocycles. The van der Waals surface area contributed by atoms with Crippen molar-refractivity contribution in [3.05, 3.63) is 42.5 Å². The number of benzene rings is 2. The van der Waals surface area contributed by atoms with Crippen molar-refractivity contribution in [2.24, 2.45) is 0 Å². The van der Waals surface area contributed by atoms with Gasteiger partial charge in [-0.2, -0.15) is 4.98 Å². The van der Waals surface area contributed by atoms with Gasteiger partial charge >= 0.3 is 0 Å². The van der Waals surface area contributed by atoms with Crippen LogP contribution in [0.25, 0.3) is 11.5 Å². The van der Waals surface area contributed by atoms with Crippen molar-refractivity contribution in [2.75, 3.05) is 37.8 Å². The van der Waals surface area contributed by atoms with E-state index in [1.807, 2.05) is 36.1 Å². The third-order valence-corrected chi connectivity index (χ3v) is 7.27. The van der Waals surface area contributed by atoms with E-state index in [1.54, 1.807) is 6.07 Å². The summed E-state index contributed by atoms with van der Waals surface area (Å²) in [5.74, 6) is 2.23. The highest BCUT2D eigenvalue weighted by Crippen LogP contribution is 2.39. The molecule has 1 fully saturated rings. The number of fused-ring (bicyclic) bond motifs is 1. The zero-order valence-electron chi connectivity index (χ0n) is 18.5. The van der Waals surface area contributed by atoms with Crippen LogP contribution in [0.1, 0.15) is 26.2 Å². The van der Waals surface area contributed by atoms with Gasteiger partial charge in [0, 0.05) is 24.7 Å². The molecule has 0 N–H and O–H groups in total. The van der Waals surface area contributed by atoms with E-state index in [-0.39, 0.29) is 21.7 Å². The molecule has 0 atom stereocenters. The van der Waals surface area contributed by atoms with E-state index >= 15 is 0 Å². The molecule has 0 amide bonds. The van der Waals surface area contributed by atoms with Crippen LogP contribution in [0.3, 0.4) is 0 Å². The minimum Gasteiger partial charge on any atom is -0.494 e. The van der Waals surface area contributed by atoms with Gasteiger partial charge in [0.05, 0.1) is 11.5 Å². The Balaban J connectivity index is 1.54. The molecule has 8 nitrogen and oxygen atoms in total. The van der Waals surface area contributed by atoms with Crippen LogP contribution in [0.4, 0.5) is 5.88 Å². The van der Waals surface area contributed by atoms with Crippen LogP contribution in [-0.2, 0) is 9.84 Å². The molecule has 2 aliphatic rings. The van der Waals surface area contributed by atoms with Crippen LogP contribution in [0, 0.1) is 0 Å². The third kappa shape index (κ3) is 4.25. The highest BCUT2D eigenvalue weighted by Gasteiger charge is 2.33. The van der Waals surface area contributed by atoms with Gasteiger partial charge in [-0.05, 0) is 55.7 Å². The number of sulfone groups is 1. The van der Waals surface area contributed by atoms with Gasteiger partial charge in [0.15, 0.2) is 11.5 Å². The zero-order valence-corrected chi connectivity index (χ0v) is 19.3. The molecule has 33 heavy (non-hydrogen) atoms. The van der Waals surface area contributed by atoms with E-state index in [2.05, 4.69) is 4.98 Å². The van der Waals surface area contributed by atoms with Crippen LogP contribution in [0.15, 0.2) is 56.8 Å². The normalized spacial score (nSPS) is 15.6. The Bertz CT molecular complexity index is 1230. The Morgan fingerprint density at radius 3 is 2.45 bits per heavy atom. The molecule has 0 saturated carbocycles. The molecule has 9 heteroatoms. The van der Waals surface area contributed by atoms with Crippen molar-refractivity contribution >= 4 is 15.7 Å². The average Bonchev–Trinajstić information content (AvgIpc) is 3.53. The van der Waals surface area contributed by atoms with Gasteiger partial charge < -0.3 is 23.5 Å². The van der Waals surface area contributed by atoms with Crippen LogP contribution < -0.4 is 19.1 Å². The number of hydrogen-bond acceptors (Lipinski definition) is 8. The minimum absolute atomic E-state index is 0.0811. The molecule has 1 saturated heterocycles. The van der Waals surface area contributed by atoms with Gasteiger partial charge in [0.2, 0.25) is 26.6 Å². The summed E-state index contributed by atoms with van der Waals surface area (Å²) < 4.78 is 50.1. The fourth-order valence-corrected chi connectivity index (χ4v) is 5.27. The summed E-state index contributed by atoms with van der Waals surface area (Å²) >= 11 is 0. The molecule has 3 heterocycles. The fourth-order valence-electron chi connectivity index (χ4n) is 3.93. The van der Waals surface area contributed by atoms with Gasteiger partial charge in [0.25, 0.3) is 0 Å². The summed E-state index contributed by atoms with van der Waals surface area (Å²) in [5.41, 5.74) is 0.683. The molecule has 0 spiro atoms. The van der Waals surface area contributed by atoms with Crippen LogP contribution in [0.2, 0.25) is 0 Å². The minimum atomic E-state index is -3.95. The summed E-state index contributed by atoms with van der Waals surface area (Å²) in [5, 5.41) is -0.0811. The lowest BCUT2D eigenvalue weighted by Gasteiger charge is -2.19. The number of rotatable bonds is 7. The second kappa shape index (κ2) is 8.97. The molecule has 0 bridgehead atoms. The molecule has 3 aromatic rings. The first kappa shape index (κ1) is 21.6. The first-order valence-corrected chi connectivity index (χ1v) is 12.7. The second-order valence-electron chi connectivity index (χ2n) is 8.01. The Kier molecular flexibility index (Phi) is 5.88. The lowest BCUT2D eigenvalue weighted by Crippen LogP contribution is -2.20. The second-order valence-corrected chi connectivity index (χ2v) is 9.87. The molecule has 2 aromatic carbocycles. The third-order valence-electron chi connectivity index (χ3n) is 5.63. The highest BCUT2D eigenvalue weighted by atomic mass is 32.2. The molecular weight excluding hydrogens is 444 g/mol. The number of nitrogens with zero attached hydrogens (tertiary/aromatic N) is 2. The van der Waals surface area contributed by atoms with Crippen LogP contribution in [-0.4, -0.2) is 46.3 Å². The Morgan fingerprint density at radius 1 is 1.00 bits per heavy atom. The molecule has 0 radical (unpaired) electrons.